The minimum absolute atomic E-state index is 0.196. The molecule has 1 heterocycles. The molecule has 3 nitrogen and oxygen atoms in total. The predicted molar refractivity (Wildman–Crippen MR) is 199 cm³/mol. The molecule has 0 unspecified atom stereocenters. The lowest BCUT2D eigenvalue weighted by molar-refractivity contribution is -0.00518. The zero-order valence-corrected chi connectivity index (χ0v) is 27.3. The molecular formula is C46H35NO2. The second-order valence-electron chi connectivity index (χ2n) is 15.5. The lowest BCUT2D eigenvalue weighted by Crippen LogP contribution is -2.48. The van der Waals surface area contributed by atoms with E-state index in [0.717, 1.165) is 39.5 Å². The van der Waals surface area contributed by atoms with Crippen LogP contribution in [0.15, 0.2) is 121 Å². The van der Waals surface area contributed by atoms with E-state index in [2.05, 4.69) is 77.4 Å². The van der Waals surface area contributed by atoms with Crippen molar-refractivity contribution in [2.75, 3.05) is 0 Å². The Morgan fingerprint density at radius 3 is 1.88 bits per heavy atom. The molecule has 6 aromatic carbocycles. The minimum atomic E-state index is -0.196. The first-order chi connectivity index (χ1) is 24.0. The van der Waals surface area contributed by atoms with Crippen LogP contribution in [-0.4, -0.2) is 16.1 Å². The maximum absolute atomic E-state index is 13.5. The van der Waals surface area contributed by atoms with Gasteiger partial charge in [0.1, 0.15) is 0 Å². The van der Waals surface area contributed by atoms with Crippen LogP contribution in [0.1, 0.15) is 70.4 Å². The van der Waals surface area contributed by atoms with Crippen molar-refractivity contribution in [2.24, 2.45) is 17.8 Å². The second kappa shape index (κ2) is 9.89. The Balaban J connectivity index is 0.993. The van der Waals surface area contributed by atoms with Gasteiger partial charge in [-0.25, -0.2) is 0 Å². The zero-order chi connectivity index (χ0) is 32.4. The Bertz CT molecular complexity index is 2530. The van der Waals surface area contributed by atoms with Crippen molar-refractivity contribution in [1.82, 2.24) is 4.57 Å². The Labute approximate surface area is 284 Å². The van der Waals surface area contributed by atoms with Crippen molar-refractivity contribution >= 4 is 61.0 Å². The summed E-state index contributed by atoms with van der Waals surface area (Å²) in [6.45, 7) is 0. The molecule has 4 fully saturated rings. The van der Waals surface area contributed by atoms with Gasteiger partial charge in [0, 0.05) is 27.6 Å². The van der Waals surface area contributed by atoms with E-state index in [-0.39, 0.29) is 17.1 Å². The number of ketones is 2. The summed E-state index contributed by atoms with van der Waals surface area (Å²) < 4.78 is 2.42. The molecule has 0 atom stereocenters. The number of allylic oxidation sites excluding steroid dienone is 1. The third kappa shape index (κ3) is 3.96. The van der Waals surface area contributed by atoms with E-state index < -0.39 is 0 Å². The number of fused-ring (bicyclic) bond motifs is 7. The van der Waals surface area contributed by atoms with E-state index in [1.807, 2.05) is 42.5 Å². The van der Waals surface area contributed by atoms with Gasteiger partial charge in [0.05, 0.1) is 16.6 Å². The maximum atomic E-state index is 13.5. The zero-order valence-electron chi connectivity index (χ0n) is 27.3. The topological polar surface area (TPSA) is 39.1 Å². The lowest BCUT2D eigenvalue weighted by Gasteiger charge is -2.57. The van der Waals surface area contributed by atoms with Crippen molar-refractivity contribution in [3.8, 4) is 5.69 Å². The van der Waals surface area contributed by atoms with Gasteiger partial charge in [0.15, 0.2) is 11.6 Å². The summed E-state index contributed by atoms with van der Waals surface area (Å²) in [4.78, 5) is 26.9. The molecule has 12 rings (SSSR count). The van der Waals surface area contributed by atoms with Crippen LogP contribution in [0.5, 0.6) is 0 Å². The molecule has 0 saturated heterocycles. The average molecular weight is 634 g/mol. The molecule has 0 amide bonds. The first kappa shape index (κ1) is 27.6. The maximum Gasteiger partial charge on any atom is 0.197 e. The number of aromatic nitrogens is 1. The highest BCUT2D eigenvalue weighted by Crippen LogP contribution is 2.60. The third-order valence-electron chi connectivity index (χ3n) is 12.6. The molecule has 5 aliphatic carbocycles. The molecular weight excluding hydrogens is 599 g/mol. The van der Waals surface area contributed by atoms with Crippen LogP contribution < -0.4 is 0 Å². The second-order valence-corrected chi connectivity index (χ2v) is 15.5. The quantitative estimate of drug-likeness (QED) is 0.143. The van der Waals surface area contributed by atoms with Crippen LogP contribution in [0.25, 0.3) is 55.1 Å². The van der Waals surface area contributed by atoms with Crippen molar-refractivity contribution in [3.05, 3.63) is 143 Å². The number of nitrogens with zero attached hydrogens (tertiary/aromatic N) is 1. The number of hydrogen-bond donors (Lipinski definition) is 0. The van der Waals surface area contributed by atoms with E-state index in [1.165, 1.54) is 71.4 Å². The summed E-state index contributed by atoms with van der Waals surface area (Å²) in [5.74, 6) is 2.41. The van der Waals surface area contributed by atoms with Crippen LogP contribution in [-0.2, 0) is 5.41 Å². The van der Waals surface area contributed by atoms with Crippen LogP contribution in [0.3, 0.4) is 0 Å². The average Bonchev–Trinajstić information content (AvgIpc) is 3.57. The fraction of sp³-hybridized carbons (Fsp3) is 0.217. The summed E-state index contributed by atoms with van der Waals surface area (Å²) in [7, 11) is 0. The van der Waals surface area contributed by atoms with Crippen molar-refractivity contribution < 1.29 is 9.59 Å². The number of rotatable bonds is 3. The molecule has 7 aromatic rings. The monoisotopic (exact) mass is 633 g/mol. The normalized spacial score (nSPS) is 24.2. The van der Waals surface area contributed by atoms with Crippen molar-refractivity contribution in [1.29, 1.82) is 0 Å². The Hall–Kier alpha value is -5.28. The Morgan fingerprint density at radius 1 is 0.571 bits per heavy atom. The number of para-hydroxylation sites is 1. The van der Waals surface area contributed by atoms with Crippen LogP contribution >= 0.6 is 0 Å². The first-order valence-corrected chi connectivity index (χ1v) is 17.9. The number of carbonyl (C=O) groups is 2. The van der Waals surface area contributed by atoms with Gasteiger partial charge >= 0.3 is 0 Å². The molecule has 236 valence electrons. The van der Waals surface area contributed by atoms with Gasteiger partial charge in [-0.3, -0.25) is 9.59 Å². The molecule has 4 saturated carbocycles. The van der Waals surface area contributed by atoms with E-state index in [4.69, 9.17) is 0 Å². The van der Waals surface area contributed by atoms with Gasteiger partial charge < -0.3 is 4.57 Å². The highest BCUT2D eigenvalue weighted by atomic mass is 16.2. The van der Waals surface area contributed by atoms with Gasteiger partial charge in [0.25, 0.3) is 0 Å². The number of carbonyl (C=O) groups excluding carboxylic acids is 2. The molecule has 3 heteroatoms. The fourth-order valence-corrected chi connectivity index (χ4v) is 10.9. The van der Waals surface area contributed by atoms with Gasteiger partial charge in [-0.15, -0.1) is 0 Å². The molecule has 0 radical (unpaired) electrons. The number of hydrogen-bond acceptors (Lipinski definition) is 2. The van der Waals surface area contributed by atoms with E-state index in [0.29, 0.717) is 16.5 Å². The van der Waals surface area contributed by atoms with Gasteiger partial charge in [-0.2, -0.15) is 0 Å². The number of benzene rings is 6. The van der Waals surface area contributed by atoms with E-state index >= 15 is 0 Å². The van der Waals surface area contributed by atoms with Crippen LogP contribution in [0.2, 0.25) is 0 Å². The van der Waals surface area contributed by atoms with Crippen LogP contribution in [0.4, 0.5) is 0 Å². The standard InChI is InChI=1S/C46H35NO2/c48-44-38-22-31-5-1-2-6-32(31)23-39(38)45(49)40(44)21-27-9-15-36-33(20-27)10-16-42-43(36)37-7-3-4-8-41(37)47(42)35-13-11-34(12-14-35)46-24-28-17-29(25-46)19-30(18-28)26-46/h1-16,20-23,28-30H,17-19,24-26H2. The molecule has 49 heavy (non-hydrogen) atoms. The minimum Gasteiger partial charge on any atom is -0.309 e. The van der Waals surface area contributed by atoms with Gasteiger partial charge in [0.2, 0.25) is 0 Å². The number of Topliss-reactive ketones (excluding diaryl/α,β-unsaturated/α-hetero) is 2. The van der Waals surface area contributed by atoms with E-state index in [9.17, 15) is 9.59 Å². The fourth-order valence-electron chi connectivity index (χ4n) is 10.9. The highest BCUT2D eigenvalue weighted by Gasteiger charge is 2.51. The summed E-state index contributed by atoms with van der Waals surface area (Å²) in [5, 5.41) is 6.64. The first-order valence-electron chi connectivity index (χ1n) is 17.9. The van der Waals surface area contributed by atoms with Gasteiger partial charge in [-0.1, -0.05) is 72.8 Å². The summed E-state index contributed by atoms with van der Waals surface area (Å²) >= 11 is 0. The Kier molecular flexibility index (Phi) is 5.58. The molecule has 5 aliphatic rings. The summed E-state index contributed by atoms with van der Waals surface area (Å²) in [6, 6.07) is 40.6. The van der Waals surface area contributed by atoms with Gasteiger partial charge in [-0.05, 0) is 143 Å². The highest BCUT2D eigenvalue weighted by molar-refractivity contribution is 6.42. The molecule has 0 aliphatic heterocycles. The molecule has 0 spiro atoms. The molecule has 4 bridgehead atoms. The third-order valence-corrected chi connectivity index (χ3v) is 12.6. The Morgan fingerprint density at radius 2 is 1.20 bits per heavy atom. The summed E-state index contributed by atoms with van der Waals surface area (Å²) in [5.41, 5.74) is 7.61. The van der Waals surface area contributed by atoms with E-state index in [1.54, 1.807) is 11.6 Å². The molecule has 1 aromatic heterocycles. The van der Waals surface area contributed by atoms with Crippen molar-refractivity contribution in [2.45, 2.75) is 43.9 Å². The largest absolute Gasteiger partial charge is 0.309 e. The van der Waals surface area contributed by atoms with Crippen LogP contribution in [0, 0.1) is 17.8 Å². The molecule has 0 N–H and O–H groups in total. The van der Waals surface area contributed by atoms with Crippen molar-refractivity contribution in [3.63, 3.8) is 0 Å². The lowest BCUT2D eigenvalue weighted by atomic mass is 9.48. The summed E-state index contributed by atoms with van der Waals surface area (Å²) in [6.07, 6.45) is 10.3. The predicted octanol–water partition coefficient (Wildman–Crippen LogP) is 11.0. The smallest absolute Gasteiger partial charge is 0.197 e. The SMILES string of the molecule is O=C1C(=Cc2ccc3c(ccc4c3c3ccccc3n4-c3ccc(C45CC6CC(CC(C6)C4)C5)cc3)c2)C(=O)c2cc3ccccc3cc21.